The number of rotatable bonds is 5. The lowest BCUT2D eigenvalue weighted by Crippen LogP contribution is -2.14. The minimum absolute atomic E-state index is 0.395. The van der Waals surface area contributed by atoms with Gasteiger partial charge in [-0.25, -0.2) is 4.79 Å². The summed E-state index contributed by atoms with van der Waals surface area (Å²) in [5.74, 6) is 0. The first-order valence-corrected chi connectivity index (χ1v) is 5.58. The van der Waals surface area contributed by atoms with E-state index in [-0.39, 0.29) is 0 Å². The Kier molecular flexibility index (Phi) is 5.40. The molecule has 0 unspecified atom stereocenters. The quantitative estimate of drug-likeness (QED) is 0.770. The topological polar surface area (TPSA) is 38.3 Å². The van der Waals surface area contributed by atoms with Crippen LogP contribution in [0.1, 0.15) is 31.7 Å². The second-order valence-corrected chi connectivity index (χ2v) is 3.66. The minimum Gasteiger partial charge on any atom is -0.449 e. The zero-order valence-corrected chi connectivity index (χ0v) is 9.66. The number of hydrogen-bond acceptors (Lipinski definition) is 2. The average Bonchev–Trinajstić information content (AvgIpc) is 2.28. The molecular formula is C13H18NO2. The zero-order valence-electron chi connectivity index (χ0n) is 9.66. The summed E-state index contributed by atoms with van der Waals surface area (Å²) in [5.41, 5.74) is 1.65. The fraction of sp³-hybridized carbons (Fsp3) is 0.385. The molecule has 0 aliphatic heterocycles. The van der Waals surface area contributed by atoms with Crippen LogP contribution in [0.15, 0.2) is 24.3 Å². The van der Waals surface area contributed by atoms with Crippen LogP contribution < -0.4 is 5.32 Å². The van der Waals surface area contributed by atoms with E-state index < -0.39 is 6.09 Å². The summed E-state index contributed by atoms with van der Waals surface area (Å²) in [6.07, 6.45) is 2.73. The van der Waals surface area contributed by atoms with Crippen LogP contribution in [0.2, 0.25) is 0 Å². The first kappa shape index (κ1) is 12.6. The number of carbonyl (C=O) groups is 1. The molecule has 0 spiro atoms. The van der Waals surface area contributed by atoms with E-state index in [2.05, 4.69) is 19.2 Å². The van der Waals surface area contributed by atoms with Gasteiger partial charge in [0.15, 0.2) is 0 Å². The monoisotopic (exact) mass is 220 g/mol. The predicted octanol–water partition coefficient (Wildman–Crippen LogP) is 3.61. The van der Waals surface area contributed by atoms with Gasteiger partial charge in [0.25, 0.3) is 0 Å². The second kappa shape index (κ2) is 6.88. The Labute approximate surface area is 96.8 Å². The number of anilines is 1. The van der Waals surface area contributed by atoms with Gasteiger partial charge in [-0.2, -0.15) is 0 Å². The molecule has 0 bridgehead atoms. The second-order valence-electron chi connectivity index (χ2n) is 3.66. The van der Waals surface area contributed by atoms with Gasteiger partial charge < -0.3 is 4.74 Å². The van der Waals surface area contributed by atoms with Gasteiger partial charge in [0.1, 0.15) is 0 Å². The maximum atomic E-state index is 11.3. The highest BCUT2D eigenvalue weighted by Gasteiger charge is 2.01. The zero-order chi connectivity index (χ0) is 11.8. The van der Waals surface area contributed by atoms with Crippen LogP contribution in [0.5, 0.6) is 0 Å². The number of hydrogen-bond donors (Lipinski definition) is 1. The van der Waals surface area contributed by atoms with Crippen molar-refractivity contribution in [2.75, 3.05) is 11.9 Å². The maximum Gasteiger partial charge on any atom is 0.411 e. The summed E-state index contributed by atoms with van der Waals surface area (Å²) in [7, 11) is 0. The normalized spacial score (nSPS) is 9.88. The highest BCUT2D eigenvalue weighted by molar-refractivity contribution is 5.84. The third kappa shape index (κ3) is 4.82. The molecule has 0 aromatic heterocycles. The van der Waals surface area contributed by atoms with E-state index in [0.717, 1.165) is 30.5 Å². The Balaban J connectivity index is 2.26. The van der Waals surface area contributed by atoms with Gasteiger partial charge >= 0.3 is 6.09 Å². The molecule has 0 aliphatic carbocycles. The molecule has 0 saturated carbocycles. The van der Waals surface area contributed by atoms with E-state index in [4.69, 9.17) is 4.74 Å². The molecule has 1 N–H and O–H groups in total. The number of nitrogens with one attached hydrogen (secondary N) is 1. The fourth-order valence-corrected chi connectivity index (χ4v) is 1.26. The van der Waals surface area contributed by atoms with E-state index in [9.17, 15) is 4.79 Å². The van der Waals surface area contributed by atoms with Crippen molar-refractivity contribution in [1.82, 2.24) is 0 Å². The lowest BCUT2D eigenvalue weighted by molar-refractivity contribution is 0.159. The van der Waals surface area contributed by atoms with Crippen LogP contribution in [-0.4, -0.2) is 12.7 Å². The molecule has 3 nitrogen and oxygen atoms in total. The molecule has 1 aromatic rings. The molecule has 1 rings (SSSR count). The summed E-state index contributed by atoms with van der Waals surface area (Å²) in [6, 6.07) is 7.28. The molecule has 0 aliphatic rings. The molecule has 1 radical (unpaired) electrons. The van der Waals surface area contributed by atoms with Crippen molar-refractivity contribution < 1.29 is 9.53 Å². The predicted molar refractivity (Wildman–Crippen MR) is 65.4 cm³/mol. The standard InChI is InChI=1S/C13H18NO2/c1-3-4-5-10-16-13(15)14-12-8-6-11(2)7-9-12/h6-9H,2-5,10H2,1H3,(H,14,15). The van der Waals surface area contributed by atoms with Crippen LogP contribution in [0.25, 0.3) is 0 Å². The minimum atomic E-state index is -0.395. The number of benzene rings is 1. The van der Waals surface area contributed by atoms with Gasteiger partial charge in [0.05, 0.1) is 6.61 Å². The van der Waals surface area contributed by atoms with Gasteiger partial charge in [0, 0.05) is 5.69 Å². The molecule has 87 valence electrons. The average molecular weight is 220 g/mol. The van der Waals surface area contributed by atoms with Crippen LogP contribution >= 0.6 is 0 Å². The van der Waals surface area contributed by atoms with Crippen LogP contribution in [-0.2, 0) is 4.74 Å². The molecule has 0 heterocycles. The van der Waals surface area contributed by atoms with Crippen LogP contribution in [0.3, 0.4) is 0 Å². The molecule has 0 saturated heterocycles. The molecule has 0 atom stereocenters. The number of carbonyl (C=O) groups excluding carboxylic acids is 1. The molecular weight excluding hydrogens is 202 g/mol. The molecule has 1 aromatic carbocycles. The van der Waals surface area contributed by atoms with Crippen molar-refractivity contribution >= 4 is 11.8 Å². The van der Waals surface area contributed by atoms with Crippen molar-refractivity contribution in [2.24, 2.45) is 0 Å². The van der Waals surface area contributed by atoms with E-state index in [1.807, 2.05) is 12.1 Å². The Bertz CT molecular complexity index is 319. The lowest BCUT2D eigenvalue weighted by Gasteiger charge is -2.06. The summed E-state index contributed by atoms with van der Waals surface area (Å²) < 4.78 is 5.01. The first-order chi connectivity index (χ1) is 7.72. The van der Waals surface area contributed by atoms with Crippen molar-refractivity contribution in [2.45, 2.75) is 26.2 Å². The van der Waals surface area contributed by atoms with Gasteiger partial charge in [-0.15, -0.1) is 0 Å². The molecule has 3 heteroatoms. The van der Waals surface area contributed by atoms with Gasteiger partial charge in [-0.3, -0.25) is 5.32 Å². The van der Waals surface area contributed by atoms with Crippen LogP contribution in [0.4, 0.5) is 10.5 Å². The molecule has 16 heavy (non-hydrogen) atoms. The number of amides is 1. The van der Waals surface area contributed by atoms with Crippen molar-refractivity contribution in [3.05, 3.63) is 36.8 Å². The van der Waals surface area contributed by atoms with E-state index in [1.54, 1.807) is 12.1 Å². The van der Waals surface area contributed by atoms with Gasteiger partial charge in [0.2, 0.25) is 0 Å². The Hall–Kier alpha value is -1.51. The third-order valence-electron chi connectivity index (χ3n) is 2.18. The summed E-state index contributed by atoms with van der Waals surface area (Å²) in [5, 5.41) is 2.66. The Morgan fingerprint density at radius 3 is 2.62 bits per heavy atom. The van der Waals surface area contributed by atoms with Crippen molar-refractivity contribution in [1.29, 1.82) is 0 Å². The molecule has 0 fully saturated rings. The SMILES string of the molecule is [CH2]c1ccc(NC(=O)OCCCCC)cc1. The highest BCUT2D eigenvalue weighted by Crippen LogP contribution is 2.08. The lowest BCUT2D eigenvalue weighted by atomic mass is 10.2. The Morgan fingerprint density at radius 2 is 2.00 bits per heavy atom. The van der Waals surface area contributed by atoms with Crippen LogP contribution in [0, 0.1) is 6.92 Å². The smallest absolute Gasteiger partial charge is 0.411 e. The fourth-order valence-electron chi connectivity index (χ4n) is 1.26. The van der Waals surface area contributed by atoms with Crippen molar-refractivity contribution in [3.8, 4) is 0 Å². The Morgan fingerprint density at radius 1 is 1.31 bits per heavy atom. The maximum absolute atomic E-state index is 11.3. The number of ether oxygens (including phenoxy) is 1. The summed E-state index contributed by atoms with van der Waals surface area (Å²) in [6.45, 7) is 6.36. The van der Waals surface area contributed by atoms with E-state index in [0.29, 0.717) is 6.61 Å². The highest BCUT2D eigenvalue weighted by atomic mass is 16.5. The third-order valence-corrected chi connectivity index (χ3v) is 2.18. The largest absolute Gasteiger partial charge is 0.449 e. The van der Waals surface area contributed by atoms with Gasteiger partial charge in [-0.1, -0.05) is 31.9 Å². The molecule has 1 amide bonds. The van der Waals surface area contributed by atoms with E-state index >= 15 is 0 Å². The van der Waals surface area contributed by atoms with Gasteiger partial charge in [-0.05, 0) is 31.0 Å². The first-order valence-electron chi connectivity index (χ1n) is 5.58. The summed E-state index contributed by atoms with van der Waals surface area (Å²) >= 11 is 0. The summed E-state index contributed by atoms with van der Waals surface area (Å²) in [4.78, 5) is 11.3. The van der Waals surface area contributed by atoms with E-state index in [1.165, 1.54) is 0 Å². The number of unbranched alkanes of at least 4 members (excludes halogenated alkanes) is 2. The van der Waals surface area contributed by atoms with Crippen molar-refractivity contribution in [3.63, 3.8) is 0 Å².